The molecule has 2 atom stereocenters. The van der Waals surface area contributed by atoms with Crippen LogP contribution in [-0.2, 0) is 0 Å². The highest BCUT2D eigenvalue weighted by Gasteiger charge is 2.06. The predicted molar refractivity (Wildman–Crippen MR) is 46.4 cm³/mol. The van der Waals surface area contributed by atoms with Crippen LogP contribution in [0.2, 0.25) is 0 Å². The number of hydrogen-bond donors (Lipinski definition) is 2. The number of hydrogen-bond acceptors (Lipinski definition) is 2. The molecule has 2 heteroatoms. The third kappa shape index (κ3) is 7.82. The summed E-state index contributed by atoms with van der Waals surface area (Å²) in [6.45, 7) is 3.85. The van der Waals surface area contributed by atoms with Crippen LogP contribution in [0.1, 0.15) is 46.0 Å². The standard InChI is InChI=1S/C9H20O2/c1-3-4-5-6-9(11)7-8(2)10/h8-11H,3-7H2,1-2H3/t8-,9+/m1/s1. The number of rotatable bonds is 6. The second-order valence-electron chi connectivity index (χ2n) is 3.23. The molecular weight excluding hydrogens is 140 g/mol. The van der Waals surface area contributed by atoms with E-state index in [0.29, 0.717) is 6.42 Å². The van der Waals surface area contributed by atoms with Crippen LogP contribution in [0.4, 0.5) is 0 Å². The van der Waals surface area contributed by atoms with Crippen molar-refractivity contribution in [1.29, 1.82) is 0 Å². The van der Waals surface area contributed by atoms with Gasteiger partial charge in [-0.15, -0.1) is 0 Å². The van der Waals surface area contributed by atoms with Crippen molar-refractivity contribution in [2.24, 2.45) is 0 Å². The molecule has 0 heterocycles. The highest BCUT2D eigenvalue weighted by molar-refractivity contribution is 4.59. The van der Waals surface area contributed by atoms with E-state index in [0.717, 1.165) is 12.8 Å². The predicted octanol–water partition coefficient (Wildman–Crippen LogP) is 1.70. The molecule has 0 aliphatic carbocycles. The molecule has 0 aromatic carbocycles. The first kappa shape index (κ1) is 10.9. The van der Waals surface area contributed by atoms with Crippen molar-refractivity contribution >= 4 is 0 Å². The maximum atomic E-state index is 9.29. The SMILES string of the molecule is CCCCC[C@H](O)C[C@@H](C)O. The summed E-state index contributed by atoms with van der Waals surface area (Å²) in [6.07, 6.45) is 4.11. The van der Waals surface area contributed by atoms with Crippen molar-refractivity contribution in [3.05, 3.63) is 0 Å². The Kier molecular flexibility index (Phi) is 6.57. The summed E-state index contributed by atoms with van der Waals surface area (Å²) in [5.41, 5.74) is 0. The van der Waals surface area contributed by atoms with Gasteiger partial charge in [-0.3, -0.25) is 0 Å². The van der Waals surface area contributed by atoms with Crippen molar-refractivity contribution in [3.63, 3.8) is 0 Å². The summed E-state index contributed by atoms with van der Waals surface area (Å²) >= 11 is 0. The smallest absolute Gasteiger partial charge is 0.0564 e. The van der Waals surface area contributed by atoms with E-state index in [9.17, 15) is 5.11 Å². The Hall–Kier alpha value is -0.0800. The second-order valence-corrected chi connectivity index (χ2v) is 3.23. The zero-order valence-corrected chi connectivity index (χ0v) is 7.58. The minimum atomic E-state index is -0.369. The zero-order chi connectivity index (χ0) is 8.69. The van der Waals surface area contributed by atoms with E-state index < -0.39 is 0 Å². The number of aliphatic hydroxyl groups is 2. The fraction of sp³-hybridized carbons (Fsp3) is 1.00. The third-order valence-corrected chi connectivity index (χ3v) is 1.75. The van der Waals surface area contributed by atoms with E-state index in [1.165, 1.54) is 12.8 Å². The highest BCUT2D eigenvalue weighted by Crippen LogP contribution is 2.07. The molecule has 0 fully saturated rings. The lowest BCUT2D eigenvalue weighted by Crippen LogP contribution is -2.14. The molecule has 11 heavy (non-hydrogen) atoms. The summed E-state index contributed by atoms with van der Waals surface area (Å²) < 4.78 is 0. The minimum Gasteiger partial charge on any atom is -0.393 e. The van der Waals surface area contributed by atoms with Gasteiger partial charge >= 0.3 is 0 Å². The van der Waals surface area contributed by atoms with E-state index in [1.54, 1.807) is 6.92 Å². The molecule has 0 bridgehead atoms. The quantitative estimate of drug-likeness (QED) is 0.581. The largest absolute Gasteiger partial charge is 0.393 e. The molecule has 0 spiro atoms. The van der Waals surface area contributed by atoms with Gasteiger partial charge in [-0.1, -0.05) is 26.2 Å². The zero-order valence-electron chi connectivity index (χ0n) is 7.58. The van der Waals surface area contributed by atoms with Gasteiger partial charge in [-0.2, -0.15) is 0 Å². The molecule has 0 aromatic heterocycles. The molecule has 68 valence electrons. The van der Waals surface area contributed by atoms with Crippen LogP contribution in [0.3, 0.4) is 0 Å². The van der Waals surface area contributed by atoms with Crippen molar-refractivity contribution in [2.45, 2.75) is 58.2 Å². The van der Waals surface area contributed by atoms with Gasteiger partial charge in [0.1, 0.15) is 0 Å². The van der Waals surface area contributed by atoms with Crippen molar-refractivity contribution in [2.75, 3.05) is 0 Å². The molecule has 0 saturated carbocycles. The van der Waals surface area contributed by atoms with Crippen LogP contribution in [-0.4, -0.2) is 22.4 Å². The summed E-state index contributed by atoms with van der Waals surface area (Å²) in [7, 11) is 0. The lowest BCUT2D eigenvalue weighted by Gasteiger charge is -2.11. The van der Waals surface area contributed by atoms with Crippen LogP contribution in [0.25, 0.3) is 0 Å². The Balaban J connectivity index is 3.15. The van der Waals surface area contributed by atoms with Crippen LogP contribution in [0, 0.1) is 0 Å². The first-order valence-electron chi connectivity index (χ1n) is 4.53. The molecule has 0 rings (SSSR count). The normalized spacial score (nSPS) is 16.4. The van der Waals surface area contributed by atoms with Gasteiger partial charge in [0.15, 0.2) is 0 Å². The number of unbranched alkanes of at least 4 members (excludes halogenated alkanes) is 2. The molecule has 0 saturated heterocycles. The topological polar surface area (TPSA) is 40.5 Å². The maximum absolute atomic E-state index is 9.29. The van der Waals surface area contributed by atoms with Gasteiger partial charge in [-0.05, 0) is 19.8 Å². The average Bonchev–Trinajstić information content (AvgIpc) is 1.86. The Bertz CT molecular complexity index is 81.6. The summed E-state index contributed by atoms with van der Waals surface area (Å²) in [5.74, 6) is 0. The first-order chi connectivity index (χ1) is 5.16. The molecular formula is C9H20O2. The van der Waals surface area contributed by atoms with Gasteiger partial charge < -0.3 is 10.2 Å². The highest BCUT2D eigenvalue weighted by atomic mass is 16.3. The van der Waals surface area contributed by atoms with Gasteiger partial charge in [0.2, 0.25) is 0 Å². The molecule has 0 amide bonds. The first-order valence-corrected chi connectivity index (χ1v) is 4.53. The van der Waals surface area contributed by atoms with Gasteiger partial charge in [0.25, 0.3) is 0 Å². The fourth-order valence-electron chi connectivity index (χ4n) is 1.14. The van der Waals surface area contributed by atoms with Crippen molar-refractivity contribution in [3.8, 4) is 0 Å². The van der Waals surface area contributed by atoms with Crippen LogP contribution < -0.4 is 0 Å². The molecule has 0 unspecified atom stereocenters. The van der Waals surface area contributed by atoms with Crippen molar-refractivity contribution < 1.29 is 10.2 Å². The molecule has 0 radical (unpaired) electrons. The van der Waals surface area contributed by atoms with Crippen molar-refractivity contribution in [1.82, 2.24) is 0 Å². The monoisotopic (exact) mass is 160 g/mol. The van der Waals surface area contributed by atoms with E-state index in [-0.39, 0.29) is 12.2 Å². The molecule has 0 aromatic rings. The second kappa shape index (κ2) is 6.62. The summed E-state index contributed by atoms with van der Waals surface area (Å²) in [5, 5.41) is 18.2. The number of aliphatic hydroxyl groups excluding tert-OH is 2. The summed E-state index contributed by atoms with van der Waals surface area (Å²) in [4.78, 5) is 0. The van der Waals surface area contributed by atoms with E-state index in [1.807, 2.05) is 0 Å². The molecule has 2 nitrogen and oxygen atoms in total. The Labute approximate surface area is 69.2 Å². The van der Waals surface area contributed by atoms with Gasteiger partial charge in [-0.25, -0.2) is 0 Å². The average molecular weight is 160 g/mol. The van der Waals surface area contributed by atoms with Crippen LogP contribution >= 0.6 is 0 Å². The van der Waals surface area contributed by atoms with Crippen LogP contribution in [0.5, 0.6) is 0 Å². The van der Waals surface area contributed by atoms with E-state index in [4.69, 9.17) is 5.11 Å². The third-order valence-electron chi connectivity index (χ3n) is 1.75. The summed E-state index contributed by atoms with van der Waals surface area (Å²) in [6, 6.07) is 0. The van der Waals surface area contributed by atoms with E-state index in [2.05, 4.69) is 6.92 Å². The van der Waals surface area contributed by atoms with Gasteiger partial charge in [0.05, 0.1) is 12.2 Å². The Morgan fingerprint density at radius 3 is 2.27 bits per heavy atom. The molecule has 0 aliphatic heterocycles. The van der Waals surface area contributed by atoms with E-state index >= 15 is 0 Å². The molecule has 2 N–H and O–H groups in total. The molecule has 0 aliphatic rings. The minimum absolute atomic E-state index is 0.304. The Morgan fingerprint density at radius 1 is 1.18 bits per heavy atom. The Morgan fingerprint density at radius 2 is 1.82 bits per heavy atom. The van der Waals surface area contributed by atoms with Gasteiger partial charge in [0, 0.05) is 0 Å². The van der Waals surface area contributed by atoms with Crippen LogP contribution in [0.15, 0.2) is 0 Å². The maximum Gasteiger partial charge on any atom is 0.0564 e. The fourth-order valence-corrected chi connectivity index (χ4v) is 1.14. The lowest BCUT2D eigenvalue weighted by atomic mass is 10.1. The lowest BCUT2D eigenvalue weighted by molar-refractivity contribution is 0.0835.